The molecule has 0 heterocycles. The first-order valence-electron chi connectivity index (χ1n) is 8.87. The van der Waals surface area contributed by atoms with Gasteiger partial charge in [-0.1, -0.05) is 41.4 Å². The monoisotopic (exact) mass is 479 g/mol. The summed E-state index contributed by atoms with van der Waals surface area (Å²) < 4.78 is 12.7. The molecule has 3 nitrogen and oxygen atoms in total. The van der Waals surface area contributed by atoms with Crippen LogP contribution in [0.5, 0.6) is 11.5 Å². The molecule has 28 heavy (non-hydrogen) atoms. The molecule has 0 aliphatic heterocycles. The fraction of sp³-hybridized carbons (Fsp3) is 0.182. The standard InChI is InChI=1S/C22H20BrCl2NO2/c1-2-27-21-11-16(13-26-19-5-3-4-18(25)12-19)10-20(23)22(21)28-14-15-6-8-17(24)9-7-15/h3-12,26H,2,13-14H2,1H3. The van der Waals surface area contributed by atoms with E-state index in [0.717, 1.165) is 21.3 Å². The first-order valence-corrected chi connectivity index (χ1v) is 10.4. The largest absolute Gasteiger partial charge is 0.490 e. The van der Waals surface area contributed by atoms with Crippen LogP contribution in [-0.4, -0.2) is 6.61 Å². The number of ether oxygens (including phenoxy) is 2. The van der Waals surface area contributed by atoms with Gasteiger partial charge >= 0.3 is 0 Å². The van der Waals surface area contributed by atoms with Crippen LogP contribution in [0.1, 0.15) is 18.1 Å². The van der Waals surface area contributed by atoms with Crippen LogP contribution in [0.15, 0.2) is 65.1 Å². The van der Waals surface area contributed by atoms with E-state index in [1.54, 1.807) is 0 Å². The Morgan fingerprint density at radius 3 is 2.39 bits per heavy atom. The maximum Gasteiger partial charge on any atom is 0.175 e. The van der Waals surface area contributed by atoms with Gasteiger partial charge in [0, 0.05) is 22.3 Å². The molecule has 0 radical (unpaired) electrons. The first kappa shape index (κ1) is 20.8. The minimum atomic E-state index is 0.427. The number of anilines is 1. The number of hydrogen-bond donors (Lipinski definition) is 1. The Labute approximate surface area is 183 Å². The lowest BCUT2D eigenvalue weighted by atomic mass is 10.2. The van der Waals surface area contributed by atoms with Gasteiger partial charge in [0.15, 0.2) is 11.5 Å². The third kappa shape index (κ3) is 5.81. The molecule has 0 amide bonds. The summed E-state index contributed by atoms with van der Waals surface area (Å²) in [6.45, 7) is 3.56. The third-order valence-electron chi connectivity index (χ3n) is 3.99. The number of nitrogens with one attached hydrogen (secondary N) is 1. The zero-order valence-electron chi connectivity index (χ0n) is 15.3. The Bertz CT molecular complexity index is 932. The molecule has 146 valence electrons. The molecule has 6 heteroatoms. The molecule has 3 aromatic rings. The average molecular weight is 481 g/mol. The van der Waals surface area contributed by atoms with Crippen molar-refractivity contribution in [2.45, 2.75) is 20.1 Å². The summed E-state index contributed by atoms with van der Waals surface area (Å²) in [7, 11) is 0. The van der Waals surface area contributed by atoms with Crippen LogP contribution in [0.3, 0.4) is 0 Å². The molecule has 0 spiro atoms. The third-order valence-corrected chi connectivity index (χ3v) is 5.06. The molecule has 0 aliphatic rings. The van der Waals surface area contributed by atoms with Crippen molar-refractivity contribution in [3.8, 4) is 11.5 Å². The summed E-state index contributed by atoms with van der Waals surface area (Å²) in [4.78, 5) is 0. The van der Waals surface area contributed by atoms with Crippen LogP contribution in [0, 0.1) is 0 Å². The van der Waals surface area contributed by atoms with Crippen molar-refractivity contribution in [1.29, 1.82) is 0 Å². The maximum atomic E-state index is 6.04. The van der Waals surface area contributed by atoms with Gasteiger partial charge in [-0.15, -0.1) is 0 Å². The van der Waals surface area contributed by atoms with Crippen molar-refractivity contribution in [2.75, 3.05) is 11.9 Å². The Kier molecular flexibility index (Phi) is 7.49. The molecule has 0 unspecified atom stereocenters. The van der Waals surface area contributed by atoms with Gasteiger partial charge < -0.3 is 14.8 Å². The van der Waals surface area contributed by atoms with Gasteiger partial charge in [0.2, 0.25) is 0 Å². The normalized spacial score (nSPS) is 10.6. The Morgan fingerprint density at radius 2 is 1.68 bits per heavy atom. The molecule has 0 saturated carbocycles. The molecule has 0 atom stereocenters. The van der Waals surface area contributed by atoms with E-state index in [1.165, 1.54) is 0 Å². The number of rotatable bonds is 8. The van der Waals surface area contributed by atoms with Crippen LogP contribution in [-0.2, 0) is 13.2 Å². The lowest BCUT2D eigenvalue weighted by molar-refractivity contribution is 0.267. The van der Waals surface area contributed by atoms with E-state index < -0.39 is 0 Å². The van der Waals surface area contributed by atoms with Gasteiger partial charge in [-0.2, -0.15) is 0 Å². The first-order chi connectivity index (χ1) is 13.5. The highest BCUT2D eigenvalue weighted by Crippen LogP contribution is 2.37. The smallest absolute Gasteiger partial charge is 0.175 e. The Hall–Kier alpha value is -1.88. The van der Waals surface area contributed by atoms with Crippen molar-refractivity contribution in [3.05, 3.63) is 86.3 Å². The van der Waals surface area contributed by atoms with E-state index in [4.69, 9.17) is 32.7 Å². The summed E-state index contributed by atoms with van der Waals surface area (Å²) in [5.74, 6) is 1.39. The number of benzene rings is 3. The van der Waals surface area contributed by atoms with Crippen molar-refractivity contribution in [3.63, 3.8) is 0 Å². The fourth-order valence-electron chi connectivity index (χ4n) is 2.67. The molecular formula is C22H20BrCl2NO2. The second kappa shape index (κ2) is 10.1. The molecule has 3 aromatic carbocycles. The molecule has 3 rings (SSSR count). The minimum Gasteiger partial charge on any atom is -0.490 e. The SMILES string of the molecule is CCOc1cc(CNc2cccc(Cl)c2)cc(Br)c1OCc1ccc(Cl)cc1. The highest BCUT2D eigenvalue weighted by molar-refractivity contribution is 9.10. The van der Waals surface area contributed by atoms with Crippen molar-refractivity contribution in [2.24, 2.45) is 0 Å². The van der Waals surface area contributed by atoms with E-state index in [0.29, 0.717) is 41.3 Å². The second-order valence-electron chi connectivity index (χ2n) is 6.12. The molecule has 0 bridgehead atoms. The summed E-state index contributed by atoms with van der Waals surface area (Å²) in [6, 6.07) is 19.2. The highest BCUT2D eigenvalue weighted by atomic mass is 79.9. The van der Waals surface area contributed by atoms with Gasteiger partial charge in [0.1, 0.15) is 6.61 Å². The highest BCUT2D eigenvalue weighted by Gasteiger charge is 2.13. The van der Waals surface area contributed by atoms with E-state index >= 15 is 0 Å². The lowest BCUT2D eigenvalue weighted by Crippen LogP contribution is -2.04. The van der Waals surface area contributed by atoms with Crippen LogP contribution < -0.4 is 14.8 Å². The topological polar surface area (TPSA) is 30.5 Å². The van der Waals surface area contributed by atoms with Gasteiger partial charge in [-0.25, -0.2) is 0 Å². The van der Waals surface area contributed by atoms with Crippen LogP contribution in [0.25, 0.3) is 0 Å². The van der Waals surface area contributed by atoms with Crippen molar-refractivity contribution in [1.82, 2.24) is 0 Å². The van der Waals surface area contributed by atoms with Crippen LogP contribution >= 0.6 is 39.1 Å². The minimum absolute atomic E-state index is 0.427. The van der Waals surface area contributed by atoms with Crippen molar-refractivity contribution < 1.29 is 9.47 Å². The summed E-state index contributed by atoms with van der Waals surface area (Å²) in [6.07, 6.45) is 0. The average Bonchev–Trinajstić information content (AvgIpc) is 2.67. The van der Waals surface area contributed by atoms with E-state index in [1.807, 2.05) is 67.6 Å². The van der Waals surface area contributed by atoms with Crippen LogP contribution in [0.2, 0.25) is 10.0 Å². The second-order valence-corrected chi connectivity index (χ2v) is 7.84. The molecule has 0 aliphatic carbocycles. The summed E-state index contributed by atoms with van der Waals surface area (Å²) in [5.41, 5.74) is 3.06. The van der Waals surface area contributed by atoms with Crippen LogP contribution in [0.4, 0.5) is 5.69 Å². The van der Waals surface area contributed by atoms with Gasteiger partial charge in [-0.05, 0) is 76.4 Å². The number of hydrogen-bond acceptors (Lipinski definition) is 3. The van der Waals surface area contributed by atoms with E-state index in [2.05, 4.69) is 21.2 Å². The molecule has 1 N–H and O–H groups in total. The molecule has 0 saturated heterocycles. The van der Waals surface area contributed by atoms with E-state index in [-0.39, 0.29) is 0 Å². The molecular weight excluding hydrogens is 461 g/mol. The molecule has 0 fully saturated rings. The lowest BCUT2D eigenvalue weighted by Gasteiger charge is -2.16. The zero-order chi connectivity index (χ0) is 19.9. The van der Waals surface area contributed by atoms with Crippen molar-refractivity contribution >= 4 is 44.8 Å². The van der Waals surface area contributed by atoms with Gasteiger partial charge in [0.05, 0.1) is 11.1 Å². The Morgan fingerprint density at radius 1 is 0.893 bits per heavy atom. The maximum absolute atomic E-state index is 6.04. The predicted octanol–water partition coefficient (Wildman–Crippen LogP) is 7.35. The fourth-order valence-corrected chi connectivity index (χ4v) is 3.59. The molecule has 0 aromatic heterocycles. The van der Waals surface area contributed by atoms with Gasteiger partial charge in [-0.3, -0.25) is 0 Å². The summed E-state index contributed by atoms with van der Waals surface area (Å²) >= 11 is 15.6. The quantitative estimate of drug-likeness (QED) is 0.365. The zero-order valence-corrected chi connectivity index (χ0v) is 18.4. The van der Waals surface area contributed by atoms with E-state index in [9.17, 15) is 0 Å². The Balaban J connectivity index is 1.74. The van der Waals surface area contributed by atoms with Gasteiger partial charge in [0.25, 0.3) is 0 Å². The summed E-state index contributed by atoms with van der Waals surface area (Å²) in [5, 5.41) is 4.77. The number of halogens is 3. The predicted molar refractivity (Wildman–Crippen MR) is 120 cm³/mol.